The molecular weight excluding hydrogens is 366 g/mol. The molecule has 0 radical (unpaired) electrons. The molecule has 27 heavy (non-hydrogen) atoms. The van der Waals surface area contributed by atoms with Gasteiger partial charge in [-0.15, -0.1) is 0 Å². The van der Waals surface area contributed by atoms with Gasteiger partial charge in [0, 0.05) is 18.8 Å². The number of nitrogens with zero attached hydrogens (tertiary/aromatic N) is 2. The molecule has 2 aromatic carbocycles. The van der Waals surface area contributed by atoms with E-state index in [1.54, 1.807) is 25.3 Å². The summed E-state index contributed by atoms with van der Waals surface area (Å²) < 4.78 is 32.6. The maximum absolute atomic E-state index is 13.0. The fourth-order valence-electron chi connectivity index (χ4n) is 3.76. The van der Waals surface area contributed by atoms with Crippen molar-refractivity contribution in [3.63, 3.8) is 0 Å². The quantitative estimate of drug-likeness (QED) is 0.872. The average molecular weight is 383 g/mol. The zero-order valence-corrected chi connectivity index (χ0v) is 15.4. The summed E-state index contributed by atoms with van der Waals surface area (Å²) in [6.07, 6.45) is 0.397. The molecule has 2 heterocycles. The van der Waals surface area contributed by atoms with E-state index in [-0.39, 0.29) is 23.9 Å². The Kier molecular flexibility index (Phi) is 3.94. The monoisotopic (exact) mass is 383 g/mol. The van der Waals surface area contributed by atoms with E-state index in [4.69, 9.17) is 10.00 Å². The van der Waals surface area contributed by atoms with Gasteiger partial charge in [-0.05, 0) is 54.4 Å². The van der Waals surface area contributed by atoms with E-state index in [0.29, 0.717) is 23.4 Å². The Labute approximate surface area is 157 Å². The van der Waals surface area contributed by atoms with Gasteiger partial charge in [-0.25, -0.2) is 8.42 Å². The number of anilines is 1. The summed E-state index contributed by atoms with van der Waals surface area (Å²) in [5.74, 6) is 0.432. The predicted octanol–water partition coefficient (Wildman–Crippen LogP) is 1.85. The summed E-state index contributed by atoms with van der Waals surface area (Å²) in [4.78, 5) is 12.9. The third kappa shape index (κ3) is 2.59. The molecule has 0 aliphatic carbocycles. The third-order valence-electron chi connectivity index (χ3n) is 5.28. The topological polar surface area (TPSA) is 99.5 Å². The maximum Gasteiger partial charge on any atom is 0.243 e. The lowest BCUT2D eigenvalue weighted by Crippen LogP contribution is -2.39. The second kappa shape index (κ2) is 6.08. The van der Waals surface area contributed by atoms with Crippen LogP contribution in [0.1, 0.15) is 17.5 Å². The van der Waals surface area contributed by atoms with Gasteiger partial charge in [0.05, 0.1) is 29.1 Å². The van der Waals surface area contributed by atoms with Crippen LogP contribution in [0.2, 0.25) is 0 Å². The zero-order chi connectivity index (χ0) is 19.2. The van der Waals surface area contributed by atoms with Crippen LogP contribution in [0.4, 0.5) is 5.69 Å². The summed E-state index contributed by atoms with van der Waals surface area (Å²) in [6, 6.07) is 13.1. The van der Waals surface area contributed by atoms with Crippen molar-refractivity contribution in [3.8, 4) is 11.8 Å². The number of amides is 1. The summed E-state index contributed by atoms with van der Waals surface area (Å²) in [6.45, 7) is 0.313. The van der Waals surface area contributed by atoms with E-state index in [1.807, 2.05) is 6.07 Å². The van der Waals surface area contributed by atoms with E-state index in [9.17, 15) is 13.2 Å². The first-order chi connectivity index (χ1) is 12.9. The minimum absolute atomic E-state index is 0.0708. The molecule has 2 aromatic rings. The maximum atomic E-state index is 13.0. The molecular formula is C19H17N3O4S. The fraction of sp³-hybridized carbons (Fsp3) is 0.263. The summed E-state index contributed by atoms with van der Waals surface area (Å²) in [7, 11) is -2.21. The van der Waals surface area contributed by atoms with Crippen LogP contribution in [0.15, 0.2) is 47.4 Å². The highest BCUT2D eigenvalue weighted by atomic mass is 32.2. The van der Waals surface area contributed by atoms with Crippen molar-refractivity contribution in [1.29, 1.82) is 5.26 Å². The molecule has 1 saturated heterocycles. The highest BCUT2D eigenvalue weighted by Crippen LogP contribution is 2.46. The zero-order valence-electron chi connectivity index (χ0n) is 14.6. The molecule has 1 spiro atoms. The molecule has 2 aliphatic rings. The van der Waals surface area contributed by atoms with Gasteiger partial charge in [0.2, 0.25) is 15.9 Å². The lowest BCUT2D eigenvalue weighted by atomic mass is 9.81. The molecule has 0 aromatic heterocycles. The van der Waals surface area contributed by atoms with Gasteiger partial charge in [0.1, 0.15) is 5.75 Å². The number of hydrogen-bond acceptors (Lipinski definition) is 5. The number of nitrogens with one attached hydrogen (secondary N) is 1. The van der Waals surface area contributed by atoms with Crippen LogP contribution in [0.5, 0.6) is 5.75 Å². The lowest BCUT2D eigenvalue weighted by Gasteiger charge is -2.22. The number of rotatable bonds is 3. The van der Waals surface area contributed by atoms with Crippen LogP contribution in [0.3, 0.4) is 0 Å². The molecule has 1 atom stereocenters. The van der Waals surface area contributed by atoms with Crippen molar-refractivity contribution in [1.82, 2.24) is 4.31 Å². The molecule has 0 saturated carbocycles. The van der Waals surface area contributed by atoms with Crippen molar-refractivity contribution in [2.75, 3.05) is 25.5 Å². The average Bonchev–Trinajstić information content (AvgIpc) is 3.25. The highest BCUT2D eigenvalue weighted by molar-refractivity contribution is 7.89. The standard InChI is InChI=1S/C19H17N3O4S/c1-26-14-4-7-17-16(10-14)19(18(23)21-17)8-9-22(12-19)27(24,25)15-5-2-13(11-20)3-6-15/h2-7,10H,8-9,12H2,1H3,(H,21,23)/t19-/m0/s1. The van der Waals surface area contributed by atoms with Crippen molar-refractivity contribution in [2.24, 2.45) is 0 Å². The molecule has 1 amide bonds. The van der Waals surface area contributed by atoms with Crippen LogP contribution >= 0.6 is 0 Å². The molecule has 4 rings (SSSR count). The predicted molar refractivity (Wildman–Crippen MR) is 97.8 cm³/mol. The van der Waals surface area contributed by atoms with E-state index in [0.717, 1.165) is 5.56 Å². The normalized spacial score (nSPS) is 21.7. The third-order valence-corrected chi connectivity index (χ3v) is 7.14. The Morgan fingerprint density at radius 1 is 1.22 bits per heavy atom. The second-order valence-electron chi connectivity index (χ2n) is 6.67. The smallest absolute Gasteiger partial charge is 0.243 e. The minimum atomic E-state index is -3.76. The number of benzene rings is 2. The van der Waals surface area contributed by atoms with Crippen LogP contribution in [-0.4, -0.2) is 38.8 Å². The molecule has 1 fully saturated rings. The molecule has 7 nitrogen and oxygen atoms in total. The largest absolute Gasteiger partial charge is 0.497 e. The number of carbonyl (C=O) groups is 1. The first-order valence-electron chi connectivity index (χ1n) is 8.41. The second-order valence-corrected chi connectivity index (χ2v) is 8.61. The Morgan fingerprint density at radius 2 is 1.96 bits per heavy atom. The van der Waals surface area contributed by atoms with E-state index >= 15 is 0 Å². The van der Waals surface area contributed by atoms with E-state index < -0.39 is 15.4 Å². The van der Waals surface area contributed by atoms with Gasteiger partial charge in [-0.2, -0.15) is 9.57 Å². The molecule has 2 aliphatic heterocycles. The number of nitriles is 1. The number of fused-ring (bicyclic) bond motifs is 2. The molecule has 0 bridgehead atoms. The summed E-state index contributed by atoms with van der Waals surface area (Å²) >= 11 is 0. The summed E-state index contributed by atoms with van der Waals surface area (Å²) in [5, 5.41) is 11.7. The van der Waals surface area contributed by atoms with E-state index in [2.05, 4.69) is 5.32 Å². The first-order valence-corrected chi connectivity index (χ1v) is 9.85. The van der Waals surface area contributed by atoms with Gasteiger partial charge >= 0.3 is 0 Å². The SMILES string of the molecule is COc1ccc2c(c1)[C@@]1(CCN(S(=O)(=O)c3ccc(C#N)cc3)C1)C(=O)N2. The molecule has 0 unspecified atom stereocenters. The lowest BCUT2D eigenvalue weighted by molar-refractivity contribution is -0.120. The van der Waals surface area contributed by atoms with Crippen LogP contribution < -0.4 is 10.1 Å². The first kappa shape index (κ1) is 17.5. The van der Waals surface area contributed by atoms with Crippen LogP contribution in [-0.2, 0) is 20.2 Å². The number of sulfonamides is 1. The highest BCUT2D eigenvalue weighted by Gasteiger charge is 2.53. The van der Waals surface area contributed by atoms with Crippen molar-refractivity contribution in [3.05, 3.63) is 53.6 Å². The molecule has 8 heteroatoms. The minimum Gasteiger partial charge on any atom is -0.497 e. The van der Waals surface area contributed by atoms with Crippen molar-refractivity contribution >= 4 is 21.6 Å². The fourth-order valence-corrected chi connectivity index (χ4v) is 5.26. The molecule has 1 N–H and O–H groups in total. The Hall–Kier alpha value is -2.89. The Morgan fingerprint density at radius 3 is 2.63 bits per heavy atom. The van der Waals surface area contributed by atoms with Crippen molar-refractivity contribution in [2.45, 2.75) is 16.7 Å². The van der Waals surface area contributed by atoms with Gasteiger partial charge < -0.3 is 10.1 Å². The number of methoxy groups -OCH3 is 1. The van der Waals surface area contributed by atoms with Gasteiger partial charge in [-0.1, -0.05) is 0 Å². The van der Waals surface area contributed by atoms with E-state index in [1.165, 1.54) is 28.6 Å². The van der Waals surface area contributed by atoms with Crippen LogP contribution in [0, 0.1) is 11.3 Å². The number of hydrogen-bond donors (Lipinski definition) is 1. The number of carbonyl (C=O) groups excluding carboxylic acids is 1. The van der Waals surface area contributed by atoms with Crippen molar-refractivity contribution < 1.29 is 17.9 Å². The molecule has 138 valence electrons. The van der Waals surface area contributed by atoms with Gasteiger partial charge in [0.25, 0.3) is 0 Å². The Balaban J connectivity index is 1.69. The van der Waals surface area contributed by atoms with Crippen LogP contribution in [0.25, 0.3) is 0 Å². The number of ether oxygens (including phenoxy) is 1. The van der Waals surface area contributed by atoms with Gasteiger partial charge in [0.15, 0.2) is 0 Å². The Bertz CT molecular complexity index is 1070. The van der Waals surface area contributed by atoms with Gasteiger partial charge in [-0.3, -0.25) is 4.79 Å². The summed E-state index contributed by atoms with van der Waals surface area (Å²) in [5.41, 5.74) is 0.939.